The van der Waals surface area contributed by atoms with Crippen molar-refractivity contribution in [3.63, 3.8) is 0 Å². The summed E-state index contributed by atoms with van der Waals surface area (Å²) in [7, 11) is -3.26. The minimum atomic E-state index is -3.26. The smallest absolute Gasteiger partial charge is 0.248 e. The number of carbonyl (C=O) groups is 1. The van der Waals surface area contributed by atoms with E-state index < -0.39 is 15.9 Å². The Balaban J connectivity index is 2.62. The minimum Gasteiger partial charge on any atom is -0.397 e. The number of hydrogen-bond donors (Lipinski definition) is 4. The van der Waals surface area contributed by atoms with Gasteiger partial charge in [-0.1, -0.05) is 6.92 Å². The van der Waals surface area contributed by atoms with Crippen molar-refractivity contribution in [2.45, 2.75) is 6.92 Å². The van der Waals surface area contributed by atoms with Gasteiger partial charge in [0.25, 0.3) is 0 Å². The number of anilines is 2. The highest BCUT2D eigenvalue weighted by Crippen LogP contribution is 2.19. The molecule has 0 aliphatic rings. The molecule has 0 aliphatic heterocycles. The summed E-state index contributed by atoms with van der Waals surface area (Å²) < 4.78 is 25.2. The number of amides is 1. The van der Waals surface area contributed by atoms with Crippen molar-refractivity contribution >= 4 is 27.3 Å². The Morgan fingerprint density at radius 1 is 1.37 bits per heavy atom. The van der Waals surface area contributed by atoms with Crippen LogP contribution in [0.1, 0.15) is 17.3 Å². The Kier molecular flexibility index (Phi) is 5.13. The zero-order chi connectivity index (χ0) is 14.5. The molecule has 7 nitrogen and oxygen atoms in total. The van der Waals surface area contributed by atoms with Crippen molar-refractivity contribution in [2.24, 2.45) is 5.73 Å². The predicted octanol–water partition coefficient (Wildman–Crippen LogP) is -0.281. The summed E-state index contributed by atoms with van der Waals surface area (Å²) >= 11 is 0. The fourth-order valence-electron chi connectivity index (χ4n) is 1.49. The van der Waals surface area contributed by atoms with Crippen molar-refractivity contribution in [3.8, 4) is 0 Å². The second kappa shape index (κ2) is 6.39. The van der Waals surface area contributed by atoms with Crippen LogP contribution in [0, 0.1) is 0 Å². The Hall–Kier alpha value is -1.80. The molecule has 0 heterocycles. The van der Waals surface area contributed by atoms with Crippen LogP contribution in [0.5, 0.6) is 0 Å². The molecule has 0 spiro atoms. The van der Waals surface area contributed by atoms with Gasteiger partial charge in [-0.25, -0.2) is 13.1 Å². The predicted molar refractivity (Wildman–Crippen MR) is 75.3 cm³/mol. The van der Waals surface area contributed by atoms with E-state index in [0.717, 1.165) is 0 Å². The Morgan fingerprint density at radius 2 is 2.05 bits per heavy atom. The number of benzene rings is 1. The molecule has 1 aromatic rings. The van der Waals surface area contributed by atoms with Gasteiger partial charge in [0.05, 0.1) is 17.1 Å². The summed E-state index contributed by atoms with van der Waals surface area (Å²) in [5, 5.41) is 2.90. The van der Waals surface area contributed by atoms with Crippen molar-refractivity contribution in [2.75, 3.05) is 29.9 Å². The summed E-state index contributed by atoms with van der Waals surface area (Å²) in [6.45, 7) is 2.29. The number of rotatable bonds is 7. The second-order valence-corrected chi connectivity index (χ2v) is 5.84. The highest BCUT2D eigenvalue weighted by molar-refractivity contribution is 7.89. The fraction of sp³-hybridized carbons (Fsp3) is 0.364. The molecular weight excluding hydrogens is 268 g/mol. The molecule has 0 aromatic heterocycles. The van der Waals surface area contributed by atoms with Crippen molar-refractivity contribution in [1.82, 2.24) is 4.72 Å². The third kappa shape index (κ3) is 4.76. The molecule has 0 saturated carbocycles. The maximum atomic E-state index is 11.4. The average Bonchev–Trinajstić information content (AvgIpc) is 2.30. The first-order valence-corrected chi connectivity index (χ1v) is 7.41. The zero-order valence-corrected chi connectivity index (χ0v) is 11.5. The lowest BCUT2D eigenvalue weighted by Gasteiger charge is -2.10. The maximum Gasteiger partial charge on any atom is 0.248 e. The highest BCUT2D eigenvalue weighted by Gasteiger charge is 2.09. The lowest BCUT2D eigenvalue weighted by molar-refractivity contribution is 0.100. The zero-order valence-electron chi connectivity index (χ0n) is 10.6. The molecule has 0 aliphatic carbocycles. The van der Waals surface area contributed by atoms with Gasteiger partial charge >= 0.3 is 0 Å². The van der Waals surface area contributed by atoms with Gasteiger partial charge in [-0.05, 0) is 18.2 Å². The first-order valence-electron chi connectivity index (χ1n) is 5.76. The van der Waals surface area contributed by atoms with Crippen molar-refractivity contribution < 1.29 is 13.2 Å². The molecule has 0 fully saturated rings. The van der Waals surface area contributed by atoms with Crippen LogP contribution in [-0.4, -0.2) is 33.2 Å². The van der Waals surface area contributed by atoms with E-state index in [9.17, 15) is 13.2 Å². The Bertz CT molecular complexity index is 557. The van der Waals surface area contributed by atoms with Crippen LogP contribution in [-0.2, 0) is 10.0 Å². The number of primary amides is 1. The van der Waals surface area contributed by atoms with E-state index >= 15 is 0 Å². The summed E-state index contributed by atoms with van der Waals surface area (Å²) in [6.07, 6.45) is 0. The van der Waals surface area contributed by atoms with Gasteiger partial charge < -0.3 is 16.8 Å². The largest absolute Gasteiger partial charge is 0.397 e. The van der Waals surface area contributed by atoms with Crippen LogP contribution in [0.2, 0.25) is 0 Å². The lowest BCUT2D eigenvalue weighted by Crippen LogP contribution is -2.29. The minimum absolute atomic E-state index is 0.0577. The Morgan fingerprint density at radius 3 is 2.58 bits per heavy atom. The molecule has 0 bridgehead atoms. The average molecular weight is 286 g/mol. The van der Waals surface area contributed by atoms with Gasteiger partial charge in [-0.15, -0.1) is 0 Å². The maximum absolute atomic E-state index is 11.4. The summed E-state index contributed by atoms with van der Waals surface area (Å²) in [4.78, 5) is 10.9. The molecule has 0 radical (unpaired) electrons. The molecule has 1 rings (SSSR count). The SMILES string of the molecule is CCNS(=O)(=O)CCNc1ccc(C(N)=O)cc1N. The molecule has 0 saturated heterocycles. The van der Waals surface area contributed by atoms with Gasteiger partial charge in [-0.2, -0.15) is 0 Å². The number of nitrogen functional groups attached to an aromatic ring is 1. The van der Waals surface area contributed by atoms with Crippen molar-refractivity contribution in [1.29, 1.82) is 0 Å². The summed E-state index contributed by atoms with van der Waals surface area (Å²) in [6, 6.07) is 4.57. The van der Waals surface area contributed by atoms with Gasteiger partial charge in [0.1, 0.15) is 0 Å². The quantitative estimate of drug-likeness (QED) is 0.513. The van der Waals surface area contributed by atoms with E-state index in [1.807, 2.05) is 0 Å². The topological polar surface area (TPSA) is 127 Å². The van der Waals surface area contributed by atoms with E-state index in [4.69, 9.17) is 11.5 Å². The normalized spacial score (nSPS) is 11.2. The number of hydrogen-bond acceptors (Lipinski definition) is 5. The molecule has 19 heavy (non-hydrogen) atoms. The van der Waals surface area contributed by atoms with Crippen LogP contribution in [0.25, 0.3) is 0 Å². The number of sulfonamides is 1. The van der Waals surface area contributed by atoms with E-state index in [-0.39, 0.29) is 12.3 Å². The van der Waals surface area contributed by atoms with Gasteiger partial charge in [-0.3, -0.25) is 4.79 Å². The molecule has 0 unspecified atom stereocenters. The second-order valence-electron chi connectivity index (χ2n) is 3.91. The molecule has 106 valence electrons. The van der Waals surface area contributed by atoms with Crippen LogP contribution in [0.3, 0.4) is 0 Å². The van der Waals surface area contributed by atoms with Crippen molar-refractivity contribution in [3.05, 3.63) is 23.8 Å². The fourth-order valence-corrected chi connectivity index (χ4v) is 2.44. The van der Waals surface area contributed by atoms with E-state index in [0.29, 0.717) is 23.5 Å². The van der Waals surface area contributed by atoms with Crippen LogP contribution < -0.4 is 21.5 Å². The third-order valence-electron chi connectivity index (χ3n) is 2.39. The van der Waals surface area contributed by atoms with E-state index in [1.165, 1.54) is 12.1 Å². The number of nitrogens with one attached hydrogen (secondary N) is 2. The number of carbonyl (C=O) groups excluding carboxylic acids is 1. The van der Waals surface area contributed by atoms with Gasteiger partial charge in [0.2, 0.25) is 15.9 Å². The number of nitrogens with two attached hydrogens (primary N) is 2. The third-order valence-corrected chi connectivity index (χ3v) is 3.86. The molecule has 1 aromatic carbocycles. The van der Waals surface area contributed by atoms with Crippen LogP contribution >= 0.6 is 0 Å². The summed E-state index contributed by atoms with van der Waals surface area (Å²) in [5.74, 6) is -0.620. The first kappa shape index (κ1) is 15.3. The van der Waals surface area contributed by atoms with Crippen LogP contribution in [0.15, 0.2) is 18.2 Å². The van der Waals surface area contributed by atoms with E-state index in [1.54, 1.807) is 13.0 Å². The monoisotopic (exact) mass is 286 g/mol. The van der Waals surface area contributed by atoms with Gasteiger partial charge in [0.15, 0.2) is 0 Å². The van der Waals surface area contributed by atoms with E-state index in [2.05, 4.69) is 10.0 Å². The standard InChI is InChI=1S/C11H18N4O3S/c1-2-15-19(17,18)6-5-14-10-4-3-8(11(13)16)7-9(10)12/h3-4,7,14-15H,2,5-6,12H2,1H3,(H2,13,16). The molecule has 0 atom stereocenters. The highest BCUT2D eigenvalue weighted by atomic mass is 32.2. The molecule has 8 heteroatoms. The Labute approximate surface area is 112 Å². The first-order chi connectivity index (χ1) is 8.85. The molecule has 6 N–H and O–H groups in total. The lowest BCUT2D eigenvalue weighted by atomic mass is 10.1. The molecular formula is C11H18N4O3S. The van der Waals surface area contributed by atoms with Gasteiger partial charge in [0, 0.05) is 18.7 Å². The summed E-state index contributed by atoms with van der Waals surface area (Å²) in [5.41, 5.74) is 12.1. The molecule has 1 amide bonds. The van der Waals surface area contributed by atoms with Crippen LogP contribution in [0.4, 0.5) is 11.4 Å².